The van der Waals surface area contributed by atoms with Gasteiger partial charge in [0.2, 0.25) is 0 Å². The van der Waals surface area contributed by atoms with Crippen molar-refractivity contribution >= 4 is 10.9 Å². The minimum Gasteiger partial charge on any atom is -0.497 e. The zero-order valence-electron chi connectivity index (χ0n) is 10.5. The van der Waals surface area contributed by atoms with Crippen LogP contribution in [-0.2, 0) is 6.54 Å². The molecule has 0 saturated heterocycles. The Morgan fingerprint density at radius 3 is 2.79 bits per heavy atom. The van der Waals surface area contributed by atoms with Crippen LogP contribution in [0.4, 0.5) is 0 Å². The third-order valence-electron chi connectivity index (χ3n) is 3.07. The minimum atomic E-state index is -0.113. The number of hydrogen-bond acceptors (Lipinski definition) is 3. The molecule has 0 fully saturated rings. The first-order valence-corrected chi connectivity index (χ1v) is 5.94. The van der Waals surface area contributed by atoms with E-state index < -0.39 is 0 Å². The predicted octanol–water partition coefficient (Wildman–Crippen LogP) is 1.78. The number of ether oxygens (including phenoxy) is 1. The molecule has 0 saturated carbocycles. The maximum absolute atomic E-state index is 11.6. The Hall–Kier alpha value is -2.56. The number of fused-ring (bicyclic) bond motifs is 1. The van der Waals surface area contributed by atoms with E-state index in [9.17, 15) is 4.79 Å². The maximum atomic E-state index is 11.6. The van der Waals surface area contributed by atoms with E-state index in [1.807, 2.05) is 35.0 Å². The molecule has 3 rings (SSSR count). The van der Waals surface area contributed by atoms with E-state index in [1.165, 1.54) is 0 Å². The van der Waals surface area contributed by atoms with Gasteiger partial charge in [0.25, 0.3) is 5.56 Å². The van der Waals surface area contributed by atoms with Gasteiger partial charge in [-0.3, -0.25) is 9.48 Å². The number of rotatable bonds is 3. The van der Waals surface area contributed by atoms with Crippen molar-refractivity contribution in [2.75, 3.05) is 7.11 Å². The molecule has 1 aromatic carbocycles. The third-order valence-corrected chi connectivity index (χ3v) is 3.07. The van der Waals surface area contributed by atoms with Gasteiger partial charge in [-0.25, -0.2) is 0 Å². The Morgan fingerprint density at radius 1 is 1.26 bits per heavy atom. The van der Waals surface area contributed by atoms with Crippen LogP contribution in [0.5, 0.6) is 5.75 Å². The summed E-state index contributed by atoms with van der Waals surface area (Å²) in [6.45, 7) is 0.622. The van der Waals surface area contributed by atoms with Crippen LogP contribution in [0.15, 0.2) is 47.5 Å². The van der Waals surface area contributed by atoms with Gasteiger partial charge in [0, 0.05) is 6.20 Å². The quantitative estimate of drug-likeness (QED) is 0.776. The molecular formula is C14H13N3O2. The monoisotopic (exact) mass is 255 g/mol. The van der Waals surface area contributed by atoms with Crippen LogP contribution in [0, 0.1) is 0 Å². The molecule has 19 heavy (non-hydrogen) atoms. The van der Waals surface area contributed by atoms with Crippen LogP contribution >= 0.6 is 0 Å². The molecular weight excluding hydrogens is 242 g/mol. The molecule has 5 nitrogen and oxygen atoms in total. The molecule has 0 bridgehead atoms. The molecule has 2 heterocycles. The van der Waals surface area contributed by atoms with Crippen molar-refractivity contribution in [2.45, 2.75) is 6.54 Å². The number of hydrogen-bond donors (Lipinski definition) is 1. The third kappa shape index (κ3) is 2.10. The summed E-state index contributed by atoms with van der Waals surface area (Å²) in [5.74, 6) is 0.825. The minimum absolute atomic E-state index is 0.113. The maximum Gasteiger partial charge on any atom is 0.259 e. The zero-order valence-corrected chi connectivity index (χ0v) is 10.5. The Bertz CT molecular complexity index is 756. The van der Waals surface area contributed by atoms with E-state index in [0.29, 0.717) is 11.9 Å². The second-order valence-electron chi connectivity index (χ2n) is 4.26. The van der Waals surface area contributed by atoms with Crippen molar-refractivity contribution in [1.82, 2.24) is 14.8 Å². The van der Waals surface area contributed by atoms with Crippen LogP contribution in [0.25, 0.3) is 10.9 Å². The first-order chi connectivity index (χ1) is 9.28. The smallest absolute Gasteiger partial charge is 0.259 e. The number of methoxy groups -OCH3 is 1. The summed E-state index contributed by atoms with van der Waals surface area (Å²) >= 11 is 0. The molecule has 0 aliphatic rings. The molecule has 96 valence electrons. The Kier molecular flexibility index (Phi) is 2.79. The second-order valence-corrected chi connectivity index (χ2v) is 4.26. The number of pyridine rings is 1. The number of nitrogens with one attached hydrogen (secondary N) is 1. The standard InChI is InChI=1S/C14H13N3O2/c1-19-11-4-2-10(3-5-11)9-17-13-6-7-15-14(18)12(13)8-16-17/h2-8H,9H2,1H3,(H,15,18). The molecule has 5 heteroatoms. The number of nitrogens with zero attached hydrogens (tertiary/aromatic N) is 2. The molecule has 1 N–H and O–H groups in total. The van der Waals surface area contributed by atoms with E-state index in [2.05, 4.69) is 10.1 Å². The zero-order chi connectivity index (χ0) is 13.2. The van der Waals surface area contributed by atoms with Gasteiger partial charge >= 0.3 is 0 Å². The van der Waals surface area contributed by atoms with Gasteiger partial charge < -0.3 is 9.72 Å². The fraction of sp³-hybridized carbons (Fsp3) is 0.143. The molecule has 0 spiro atoms. The van der Waals surface area contributed by atoms with E-state index in [0.717, 1.165) is 16.8 Å². The highest BCUT2D eigenvalue weighted by molar-refractivity contribution is 5.77. The lowest BCUT2D eigenvalue weighted by Gasteiger charge is -2.05. The first-order valence-electron chi connectivity index (χ1n) is 5.94. The highest BCUT2D eigenvalue weighted by atomic mass is 16.5. The fourth-order valence-corrected chi connectivity index (χ4v) is 2.05. The first kappa shape index (κ1) is 11.5. The molecule has 3 aromatic rings. The Balaban J connectivity index is 1.96. The summed E-state index contributed by atoms with van der Waals surface area (Å²) in [5, 5.41) is 4.87. The van der Waals surface area contributed by atoms with Gasteiger partial charge in [-0.05, 0) is 23.8 Å². The Morgan fingerprint density at radius 2 is 2.05 bits per heavy atom. The molecule has 0 aliphatic heterocycles. The number of H-pyrrole nitrogens is 1. The van der Waals surface area contributed by atoms with Gasteiger partial charge in [0.05, 0.1) is 30.8 Å². The molecule has 0 unspecified atom stereocenters. The SMILES string of the molecule is COc1ccc(Cn2ncc3c(=O)[nH]ccc32)cc1. The lowest BCUT2D eigenvalue weighted by atomic mass is 10.2. The second kappa shape index (κ2) is 4.61. The summed E-state index contributed by atoms with van der Waals surface area (Å²) in [6, 6.07) is 9.65. The fourth-order valence-electron chi connectivity index (χ4n) is 2.05. The largest absolute Gasteiger partial charge is 0.497 e. The van der Waals surface area contributed by atoms with Crippen molar-refractivity contribution < 1.29 is 4.74 Å². The van der Waals surface area contributed by atoms with Crippen molar-refractivity contribution in [2.24, 2.45) is 0 Å². The summed E-state index contributed by atoms with van der Waals surface area (Å²) < 4.78 is 6.93. The van der Waals surface area contributed by atoms with Crippen molar-refractivity contribution in [3.8, 4) is 5.75 Å². The van der Waals surface area contributed by atoms with Crippen LogP contribution in [0.3, 0.4) is 0 Å². The van der Waals surface area contributed by atoms with Gasteiger partial charge in [-0.15, -0.1) is 0 Å². The van der Waals surface area contributed by atoms with Gasteiger partial charge in [0.1, 0.15) is 5.75 Å². The molecule has 0 radical (unpaired) electrons. The van der Waals surface area contributed by atoms with Crippen molar-refractivity contribution in [3.63, 3.8) is 0 Å². The van der Waals surface area contributed by atoms with E-state index in [1.54, 1.807) is 19.5 Å². The summed E-state index contributed by atoms with van der Waals surface area (Å²) in [6.07, 6.45) is 3.23. The van der Waals surface area contributed by atoms with Crippen molar-refractivity contribution in [1.29, 1.82) is 0 Å². The van der Waals surface area contributed by atoms with Gasteiger partial charge in [-0.2, -0.15) is 5.10 Å². The normalized spacial score (nSPS) is 10.8. The number of aromatic amines is 1. The average molecular weight is 255 g/mol. The lowest BCUT2D eigenvalue weighted by Crippen LogP contribution is -2.05. The van der Waals surface area contributed by atoms with Crippen LogP contribution in [0.1, 0.15) is 5.56 Å². The molecule has 0 aliphatic carbocycles. The summed E-state index contributed by atoms with van der Waals surface area (Å²) in [5.41, 5.74) is 1.82. The topological polar surface area (TPSA) is 59.9 Å². The van der Waals surface area contributed by atoms with Crippen LogP contribution in [0.2, 0.25) is 0 Å². The average Bonchev–Trinajstić information content (AvgIpc) is 2.84. The molecule has 2 aromatic heterocycles. The Labute approximate surface area is 109 Å². The van der Waals surface area contributed by atoms with Crippen LogP contribution in [-0.4, -0.2) is 21.9 Å². The molecule has 0 atom stereocenters. The summed E-state index contributed by atoms with van der Waals surface area (Å²) in [7, 11) is 1.64. The number of aromatic nitrogens is 3. The number of benzene rings is 1. The lowest BCUT2D eigenvalue weighted by molar-refractivity contribution is 0.414. The predicted molar refractivity (Wildman–Crippen MR) is 72.4 cm³/mol. The van der Waals surface area contributed by atoms with Crippen molar-refractivity contribution in [3.05, 3.63) is 58.6 Å². The summed E-state index contributed by atoms with van der Waals surface area (Å²) in [4.78, 5) is 14.2. The van der Waals surface area contributed by atoms with E-state index in [-0.39, 0.29) is 5.56 Å². The van der Waals surface area contributed by atoms with Gasteiger partial charge in [-0.1, -0.05) is 12.1 Å². The van der Waals surface area contributed by atoms with E-state index >= 15 is 0 Å². The van der Waals surface area contributed by atoms with E-state index in [4.69, 9.17) is 4.74 Å². The highest BCUT2D eigenvalue weighted by Crippen LogP contribution is 2.14. The van der Waals surface area contributed by atoms with Gasteiger partial charge in [0.15, 0.2) is 0 Å². The molecule has 0 amide bonds. The van der Waals surface area contributed by atoms with Crippen LogP contribution < -0.4 is 10.3 Å². The highest BCUT2D eigenvalue weighted by Gasteiger charge is 2.05.